The first-order valence-corrected chi connectivity index (χ1v) is 11.3. The zero-order chi connectivity index (χ0) is 23.6. The van der Waals surface area contributed by atoms with E-state index in [-0.39, 0.29) is 28.6 Å². The highest BCUT2D eigenvalue weighted by Crippen LogP contribution is 2.35. The first-order valence-electron chi connectivity index (χ1n) is 10.1. The lowest BCUT2D eigenvalue weighted by atomic mass is 10.0. The van der Waals surface area contributed by atoms with E-state index in [1.165, 1.54) is 34.6 Å². The highest BCUT2D eigenvalue weighted by Gasteiger charge is 2.21. The average Bonchev–Trinajstić information content (AvgIpc) is 3.28. The summed E-state index contributed by atoms with van der Waals surface area (Å²) in [4.78, 5) is 51.4. The maximum atomic E-state index is 13.1. The fourth-order valence-corrected chi connectivity index (χ4v) is 5.31. The quantitative estimate of drug-likeness (QED) is 0.398. The Balaban J connectivity index is 1.68. The molecule has 4 aromatic heterocycles. The number of nitrogens with zero attached hydrogens (tertiary/aromatic N) is 5. The SMILES string of the molecule is Cc1ccc(-c2c(C)sc3nc(Cn4c(Cl)nc5c4c(=O)n(C)c(=O)n5C)[nH]c(=O)c23)cc1. The van der Waals surface area contributed by atoms with Crippen molar-refractivity contribution in [3.05, 3.63) is 77.0 Å². The van der Waals surface area contributed by atoms with Gasteiger partial charge in [0.05, 0.1) is 11.9 Å². The molecule has 5 rings (SSSR count). The van der Waals surface area contributed by atoms with E-state index in [1.807, 2.05) is 38.1 Å². The van der Waals surface area contributed by atoms with E-state index in [0.29, 0.717) is 16.0 Å². The summed E-state index contributed by atoms with van der Waals surface area (Å²) < 4.78 is 3.70. The predicted molar refractivity (Wildman–Crippen MR) is 129 cm³/mol. The molecule has 0 aliphatic carbocycles. The lowest BCUT2D eigenvalue weighted by Crippen LogP contribution is -2.37. The monoisotopic (exact) mass is 482 g/mol. The minimum Gasteiger partial charge on any atom is -0.308 e. The van der Waals surface area contributed by atoms with Crippen LogP contribution in [0.3, 0.4) is 0 Å². The van der Waals surface area contributed by atoms with Gasteiger partial charge in [0.15, 0.2) is 11.2 Å². The second kappa shape index (κ2) is 7.53. The molecule has 5 aromatic rings. The van der Waals surface area contributed by atoms with Crippen molar-refractivity contribution in [1.82, 2.24) is 28.7 Å². The molecule has 0 bridgehead atoms. The summed E-state index contributed by atoms with van der Waals surface area (Å²) in [5.74, 6) is 0.335. The number of halogens is 1. The molecule has 33 heavy (non-hydrogen) atoms. The minimum absolute atomic E-state index is 0.0186. The topological polar surface area (TPSA) is 108 Å². The van der Waals surface area contributed by atoms with Crippen molar-refractivity contribution in [2.24, 2.45) is 14.1 Å². The third-order valence-electron chi connectivity index (χ3n) is 5.74. The number of benzene rings is 1. The van der Waals surface area contributed by atoms with Crippen LogP contribution in [0.4, 0.5) is 0 Å². The Labute approximate surface area is 195 Å². The molecule has 0 saturated heterocycles. The number of nitrogens with one attached hydrogen (secondary N) is 1. The fraction of sp³-hybridized carbons (Fsp3) is 0.227. The van der Waals surface area contributed by atoms with Crippen molar-refractivity contribution in [3.63, 3.8) is 0 Å². The molecule has 0 amide bonds. The minimum atomic E-state index is -0.524. The molecule has 0 aliphatic rings. The van der Waals surface area contributed by atoms with Gasteiger partial charge >= 0.3 is 5.69 Å². The standard InChI is InChI=1S/C22H19ClN6O3S/c1-10-5-7-12(8-6-10)14-11(2)33-19-15(14)18(30)24-13(25-19)9-29-16-17(26-21(29)23)27(3)22(32)28(4)20(16)31/h5-8H,9H2,1-4H3,(H,24,25,30). The van der Waals surface area contributed by atoms with E-state index < -0.39 is 11.2 Å². The van der Waals surface area contributed by atoms with Gasteiger partial charge in [0, 0.05) is 24.5 Å². The molecule has 0 fully saturated rings. The van der Waals surface area contributed by atoms with Gasteiger partial charge < -0.3 is 9.55 Å². The summed E-state index contributed by atoms with van der Waals surface area (Å²) in [6.45, 7) is 4.00. The molecule has 0 unspecified atom stereocenters. The van der Waals surface area contributed by atoms with Gasteiger partial charge in [-0.3, -0.25) is 18.7 Å². The average molecular weight is 483 g/mol. The Morgan fingerprint density at radius 3 is 2.42 bits per heavy atom. The second-order valence-corrected chi connectivity index (χ2v) is 9.48. The van der Waals surface area contributed by atoms with Crippen LogP contribution in [0.1, 0.15) is 16.3 Å². The van der Waals surface area contributed by atoms with Crippen LogP contribution >= 0.6 is 22.9 Å². The van der Waals surface area contributed by atoms with Crippen molar-refractivity contribution < 1.29 is 0 Å². The molecule has 168 valence electrons. The van der Waals surface area contributed by atoms with E-state index in [1.54, 1.807) is 0 Å². The van der Waals surface area contributed by atoms with Crippen LogP contribution < -0.4 is 16.8 Å². The van der Waals surface area contributed by atoms with Crippen LogP contribution in [0.2, 0.25) is 5.28 Å². The fourth-order valence-electron chi connectivity index (χ4n) is 4.02. The van der Waals surface area contributed by atoms with Crippen molar-refractivity contribution >= 4 is 44.3 Å². The summed E-state index contributed by atoms with van der Waals surface area (Å²) >= 11 is 7.75. The third-order valence-corrected chi connectivity index (χ3v) is 7.02. The maximum absolute atomic E-state index is 13.1. The van der Waals surface area contributed by atoms with Crippen LogP contribution in [-0.4, -0.2) is 28.7 Å². The predicted octanol–water partition coefficient (Wildman–Crippen LogP) is 2.72. The molecule has 0 saturated carbocycles. The highest BCUT2D eigenvalue weighted by atomic mass is 35.5. The van der Waals surface area contributed by atoms with Gasteiger partial charge in [-0.05, 0) is 31.0 Å². The number of thiophene rings is 1. The summed E-state index contributed by atoms with van der Waals surface area (Å²) in [6.07, 6.45) is 0. The van der Waals surface area contributed by atoms with Gasteiger partial charge in [0.1, 0.15) is 10.7 Å². The first-order chi connectivity index (χ1) is 15.7. The molecule has 0 radical (unpaired) electrons. The molecule has 9 nitrogen and oxygen atoms in total. The highest BCUT2D eigenvalue weighted by molar-refractivity contribution is 7.19. The normalized spacial score (nSPS) is 11.7. The zero-order valence-corrected chi connectivity index (χ0v) is 19.8. The zero-order valence-electron chi connectivity index (χ0n) is 18.3. The number of aromatic nitrogens is 6. The lowest BCUT2D eigenvalue weighted by molar-refractivity contribution is 0.698. The molecule has 0 atom stereocenters. The summed E-state index contributed by atoms with van der Waals surface area (Å²) in [7, 11) is 2.91. The number of fused-ring (bicyclic) bond motifs is 2. The third kappa shape index (κ3) is 3.25. The van der Waals surface area contributed by atoms with E-state index >= 15 is 0 Å². The number of H-pyrrole nitrogens is 1. The number of hydrogen-bond acceptors (Lipinski definition) is 6. The summed E-state index contributed by atoms with van der Waals surface area (Å²) in [6, 6.07) is 8.01. The second-order valence-electron chi connectivity index (χ2n) is 7.94. The van der Waals surface area contributed by atoms with Crippen molar-refractivity contribution in [2.75, 3.05) is 0 Å². The number of hydrogen-bond donors (Lipinski definition) is 1. The van der Waals surface area contributed by atoms with Crippen LogP contribution in [0.25, 0.3) is 32.5 Å². The summed E-state index contributed by atoms with van der Waals surface area (Å²) in [5.41, 5.74) is 2.00. The maximum Gasteiger partial charge on any atom is 0.332 e. The Bertz CT molecular complexity index is 1750. The van der Waals surface area contributed by atoms with E-state index in [9.17, 15) is 14.4 Å². The van der Waals surface area contributed by atoms with E-state index in [0.717, 1.165) is 26.1 Å². The Morgan fingerprint density at radius 1 is 1.03 bits per heavy atom. The van der Waals surface area contributed by atoms with Crippen molar-refractivity contribution in [2.45, 2.75) is 20.4 Å². The molecule has 4 heterocycles. The van der Waals surface area contributed by atoms with Crippen molar-refractivity contribution in [1.29, 1.82) is 0 Å². The molecule has 11 heteroatoms. The van der Waals surface area contributed by atoms with Gasteiger partial charge in [-0.15, -0.1) is 11.3 Å². The van der Waals surface area contributed by atoms with Gasteiger partial charge in [-0.25, -0.2) is 9.78 Å². The Morgan fingerprint density at radius 2 is 1.73 bits per heavy atom. The first kappa shape index (κ1) is 21.4. The van der Waals surface area contributed by atoms with Gasteiger partial charge in [-0.1, -0.05) is 29.8 Å². The van der Waals surface area contributed by atoms with Crippen molar-refractivity contribution in [3.8, 4) is 11.1 Å². The van der Waals surface area contributed by atoms with E-state index in [4.69, 9.17) is 11.6 Å². The molecule has 1 aromatic carbocycles. The van der Waals surface area contributed by atoms with Gasteiger partial charge in [0.25, 0.3) is 11.1 Å². The number of aromatic amines is 1. The summed E-state index contributed by atoms with van der Waals surface area (Å²) in [5, 5.41) is 0.554. The largest absolute Gasteiger partial charge is 0.332 e. The smallest absolute Gasteiger partial charge is 0.308 e. The Kier molecular flexibility index (Phi) is 4.87. The molecular formula is C22H19ClN6O3S. The van der Waals surface area contributed by atoms with Crippen LogP contribution in [0.15, 0.2) is 38.6 Å². The molecule has 0 aliphatic heterocycles. The van der Waals surface area contributed by atoms with Crippen LogP contribution in [-0.2, 0) is 20.6 Å². The van der Waals surface area contributed by atoms with E-state index in [2.05, 4.69) is 15.0 Å². The molecular weight excluding hydrogens is 464 g/mol. The Hall–Kier alpha value is -3.50. The number of rotatable bonds is 3. The van der Waals surface area contributed by atoms with Crippen LogP contribution in [0, 0.1) is 13.8 Å². The molecule has 1 N–H and O–H groups in total. The lowest BCUT2D eigenvalue weighted by Gasteiger charge is -2.07. The van der Waals surface area contributed by atoms with Gasteiger partial charge in [0.2, 0.25) is 5.28 Å². The number of aryl methyl sites for hydroxylation is 3. The van der Waals surface area contributed by atoms with Crippen LogP contribution in [0.5, 0.6) is 0 Å². The van der Waals surface area contributed by atoms with Gasteiger partial charge in [-0.2, -0.15) is 4.98 Å². The number of imidazole rings is 1. The molecule has 0 spiro atoms.